The van der Waals surface area contributed by atoms with Gasteiger partial charge in [-0.25, -0.2) is 0 Å². The number of ketones is 1. The second kappa shape index (κ2) is 6.08. The van der Waals surface area contributed by atoms with Crippen molar-refractivity contribution in [3.05, 3.63) is 35.9 Å². The number of hydrogen-bond donors (Lipinski definition) is 0. The van der Waals surface area contributed by atoms with Crippen molar-refractivity contribution in [1.82, 2.24) is 0 Å². The van der Waals surface area contributed by atoms with E-state index in [4.69, 9.17) is 0 Å². The van der Waals surface area contributed by atoms with Gasteiger partial charge in [-0.2, -0.15) is 0 Å². The molecule has 1 aromatic carbocycles. The van der Waals surface area contributed by atoms with Crippen molar-refractivity contribution >= 4 is 25.7 Å². The summed E-state index contributed by atoms with van der Waals surface area (Å²) in [7, 11) is -3.72. The maximum absolute atomic E-state index is 11.5. The third kappa shape index (κ3) is 4.30. The number of carbonyl (C=O) groups is 1. The molecule has 0 aliphatic carbocycles. The van der Waals surface area contributed by atoms with Crippen LogP contribution in [0.2, 0.25) is 0 Å². The van der Waals surface area contributed by atoms with Crippen LogP contribution in [0.15, 0.2) is 30.3 Å². The SMILES string of the molecule is CC(C(=O)c1ccccc1)S(=O)([O-])=S.[Na+]. The molecule has 0 spiro atoms. The zero-order valence-corrected chi connectivity index (χ0v) is 12.1. The number of rotatable bonds is 3. The van der Waals surface area contributed by atoms with E-state index in [-0.39, 0.29) is 29.6 Å². The summed E-state index contributed by atoms with van der Waals surface area (Å²) >= 11 is 4.24. The Labute approximate surface area is 116 Å². The van der Waals surface area contributed by atoms with Gasteiger partial charge >= 0.3 is 29.6 Å². The molecule has 0 saturated heterocycles. The Bertz CT molecular complexity index is 428. The smallest absolute Gasteiger partial charge is 0.769 e. The molecule has 1 aromatic rings. The largest absolute Gasteiger partial charge is 1.00 e. The van der Waals surface area contributed by atoms with Crippen LogP contribution in [0.3, 0.4) is 0 Å². The topological polar surface area (TPSA) is 57.2 Å². The Morgan fingerprint density at radius 3 is 2.27 bits per heavy atom. The first-order valence-corrected chi connectivity index (χ1v) is 6.44. The van der Waals surface area contributed by atoms with E-state index in [1.165, 1.54) is 6.92 Å². The third-order valence-corrected chi connectivity index (χ3v) is 3.81. The predicted octanol–water partition coefficient (Wildman–Crippen LogP) is -1.86. The van der Waals surface area contributed by atoms with Crippen LogP contribution in [-0.2, 0) is 20.0 Å². The van der Waals surface area contributed by atoms with Gasteiger partial charge < -0.3 is 4.55 Å². The molecule has 0 saturated carbocycles. The summed E-state index contributed by atoms with van der Waals surface area (Å²) < 4.78 is 21.9. The molecular formula is C9H9NaO3S2. The number of benzene rings is 1. The minimum Gasteiger partial charge on any atom is -0.769 e. The van der Waals surface area contributed by atoms with E-state index in [9.17, 15) is 13.6 Å². The molecule has 76 valence electrons. The molecule has 6 heteroatoms. The van der Waals surface area contributed by atoms with Crippen molar-refractivity contribution < 1.29 is 43.1 Å². The second-order valence-corrected chi connectivity index (χ2v) is 5.95. The van der Waals surface area contributed by atoms with Crippen molar-refractivity contribution in [2.24, 2.45) is 0 Å². The second-order valence-electron chi connectivity index (χ2n) is 2.87. The zero-order chi connectivity index (χ0) is 10.8. The van der Waals surface area contributed by atoms with Gasteiger partial charge in [0.2, 0.25) is 0 Å². The van der Waals surface area contributed by atoms with Gasteiger partial charge in [-0.05, 0) is 26.9 Å². The molecule has 0 fully saturated rings. The first kappa shape index (κ1) is 15.2. The average molecular weight is 252 g/mol. The molecule has 0 bridgehead atoms. The van der Waals surface area contributed by atoms with Gasteiger partial charge in [0.05, 0.1) is 5.25 Å². The molecule has 3 nitrogen and oxygen atoms in total. The van der Waals surface area contributed by atoms with Crippen LogP contribution < -0.4 is 29.6 Å². The quantitative estimate of drug-likeness (QED) is 0.467. The Balaban J connectivity index is 0.00000196. The summed E-state index contributed by atoms with van der Waals surface area (Å²) in [5, 5.41) is -1.15. The number of hydrogen-bond acceptors (Lipinski definition) is 4. The summed E-state index contributed by atoms with van der Waals surface area (Å²) in [6, 6.07) is 8.24. The average Bonchev–Trinajstić information content (AvgIpc) is 2.15. The predicted molar refractivity (Wildman–Crippen MR) is 56.5 cm³/mol. The van der Waals surface area contributed by atoms with E-state index in [0.29, 0.717) is 5.56 Å². The van der Waals surface area contributed by atoms with Crippen LogP contribution in [0.25, 0.3) is 0 Å². The Kier molecular flexibility index (Phi) is 6.17. The van der Waals surface area contributed by atoms with Crippen molar-refractivity contribution in [1.29, 1.82) is 0 Å². The van der Waals surface area contributed by atoms with Gasteiger partial charge in [0.15, 0.2) is 5.78 Å². The number of Topliss-reactive ketones (excluding diaryl/α,β-unsaturated/α-hetero) is 1. The van der Waals surface area contributed by atoms with E-state index in [0.717, 1.165) is 0 Å². The van der Waals surface area contributed by atoms with Gasteiger partial charge in [-0.15, -0.1) is 0 Å². The molecule has 1 rings (SSSR count). The van der Waals surface area contributed by atoms with Crippen molar-refractivity contribution in [2.75, 3.05) is 0 Å². The molecule has 15 heavy (non-hydrogen) atoms. The summed E-state index contributed by atoms with van der Waals surface area (Å²) in [5.41, 5.74) is 0.369. The van der Waals surface area contributed by atoms with Gasteiger partial charge in [-0.1, -0.05) is 30.3 Å². The fourth-order valence-electron chi connectivity index (χ4n) is 0.968. The van der Waals surface area contributed by atoms with Crippen LogP contribution in [0.5, 0.6) is 0 Å². The van der Waals surface area contributed by atoms with Gasteiger partial charge in [-0.3, -0.25) is 9.00 Å². The van der Waals surface area contributed by atoms with E-state index in [2.05, 4.69) is 11.2 Å². The molecule has 0 radical (unpaired) electrons. The fraction of sp³-hybridized carbons (Fsp3) is 0.222. The molecule has 2 atom stereocenters. The maximum atomic E-state index is 11.5. The minimum atomic E-state index is -3.72. The molecule has 0 heterocycles. The van der Waals surface area contributed by atoms with Crippen molar-refractivity contribution in [3.8, 4) is 0 Å². The maximum Gasteiger partial charge on any atom is 1.00 e. The molecule has 0 N–H and O–H groups in total. The van der Waals surface area contributed by atoms with Gasteiger partial charge in [0, 0.05) is 5.56 Å². The summed E-state index contributed by atoms with van der Waals surface area (Å²) in [6.45, 7) is 1.30. The van der Waals surface area contributed by atoms with E-state index in [1.807, 2.05) is 0 Å². The van der Waals surface area contributed by atoms with Crippen LogP contribution in [0.1, 0.15) is 17.3 Å². The summed E-state index contributed by atoms with van der Waals surface area (Å²) in [6.07, 6.45) is 0. The normalized spacial score (nSPS) is 15.9. The molecule has 0 aliphatic heterocycles. The summed E-state index contributed by atoms with van der Waals surface area (Å²) in [4.78, 5) is 11.5. The Hall–Kier alpha value is 0.220. The van der Waals surface area contributed by atoms with E-state index in [1.54, 1.807) is 30.3 Å². The van der Waals surface area contributed by atoms with Gasteiger partial charge in [0.25, 0.3) is 0 Å². The molecule has 2 unspecified atom stereocenters. The third-order valence-electron chi connectivity index (χ3n) is 1.86. The first-order valence-electron chi connectivity index (χ1n) is 3.97. The zero-order valence-electron chi connectivity index (χ0n) is 8.51. The van der Waals surface area contributed by atoms with Gasteiger partial charge in [0.1, 0.15) is 0 Å². The first-order chi connectivity index (χ1) is 6.43. The molecular weight excluding hydrogens is 243 g/mol. The van der Waals surface area contributed by atoms with Crippen LogP contribution >= 0.6 is 0 Å². The van der Waals surface area contributed by atoms with Crippen LogP contribution in [-0.4, -0.2) is 19.8 Å². The van der Waals surface area contributed by atoms with Crippen molar-refractivity contribution in [2.45, 2.75) is 12.2 Å². The van der Waals surface area contributed by atoms with E-state index < -0.39 is 19.8 Å². The fourth-order valence-corrected chi connectivity index (χ4v) is 1.63. The van der Waals surface area contributed by atoms with Crippen LogP contribution in [0.4, 0.5) is 0 Å². The van der Waals surface area contributed by atoms with Crippen LogP contribution in [0, 0.1) is 0 Å². The molecule has 0 amide bonds. The molecule has 0 aliphatic rings. The van der Waals surface area contributed by atoms with E-state index >= 15 is 0 Å². The number of carbonyl (C=O) groups excluding carboxylic acids is 1. The Morgan fingerprint density at radius 2 is 1.87 bits per heavy atom. The molecule has 0 aromatic heterocycles. The minimum absolute atomic E-state index is 0. The van der Waals surface area contributed by atoms with Crippen molar-refractivity contribution in [3.63, 3.8) is 0 Å². The summed E-state index contributed by atoms with van der Waals surface area (Å²) in [5.74, 6) is -0.458. The standard InChI is InChI=1S/C9H10O3S2.Na/c1-7(14(11,12)13)9(10)8-5-3-2-4-6-8;/h2-7H,1H3,(H,11,12,13);/q;+1/p-1. The Morgan fingerprint density at radius 1 is 1.40 bits per heavy atom. The monoisotopic (exact) mass is 252 g/mol.